The van der Waals surface area contributed by atoms with Gasteiger partial charge in [0.1, 0.15) is 9.71 Å². The summed E-state index contributed by atoms with van der Waals surface area (Å²) in [6, 6.07) is 0.0264. The van der Waals surface area contributed by atoms with Gasteiger partial charge in [-0.1, -0.05) is 6.08 Å². The van der Waals surface area contributed by atoms with Crippen molar-refractivity contribution in [1.29, 1.82) is 0 Å². The molecule has 0 aromatic carbocycles. The number of aryl methyl sites for hydroxylation is 2. The Balaban J connectivity index is 2.41. The van der Waals surface area contributed by atoms with E-state index in [1.807, 2.05) is 20.8 Å². The Morgan fingerprint density at radius 3 is 2.85 bits per heavy atom. The minimum absolute atomic E-state index is 0.0264. The van der Waals surface area contributed by atoms with Crippen molar-refractivity contribution in [3.8, 4) is 0 Å². The largest absolute Gasteiger partial charge is 0.397 e. The Morgan fingerprint density at radius 2 is 2.20 bits per heavy atom. The molecule has 3 N–H and O–H groups in total. The summed E-state index contributed by atoms with van der Waals surface area (Å²) in [6.45, 7) is 9.41. The fourth-order valence-corrected chi connectivity index (χ4v) is 3.01. The van der Waals surface area contributed by atoms with E-state index in [0.717, 1.165) is 16.6 Å². The molecule has 5 nitrogen and oxygen atoms in total. The number of fused-ring (bicyclic) bond motifs is 1. The van der Waals surface area contributed by atoms with Gasteiger partial charge in [-0.05, 0) is 32.8 Å². The molecular formula is C14H18N4OS. The Bertz CT molecular complexity index is 677. The Kier molecular flexibility index (Phi) is 4.04. The average molecular weight is 290 g/mol. The lowest BCUT2D eigenvalue weighted by molar-refractivity contribution is 0.0945. The summed E-state index contributed by atoms with van der Waals surface area (Å²) in [7, 11) is 0. The number of amides is 1. The zero-order valence-electron chi connectivity index (χ0n) is 11.9. The Morgan fingerprint density at radius 1 is 1.50 bits per heavy atom. The van der Waals surface area contributed by atoms with Gasteiger partial charge in [0.2, 0.25) is 0 Å². The lowest BCUT2D eigenvalue weighted by Crippen LogP contribution is -2.31. The van der Waals surface area contributed by atoms with Gasteiger partial charge >= 0.3 is 0 Å². The molecular weight excluding hydrogens is 272 g/mol. The van der Waals surface area contributed by atoms with Crippen LogP contribution in [0.15, 0.2) is 12.7 Å². The van der Waals surface area contributed by atoms with Crippen LogP contribution in [0.4, 0.5) is 5.69 Å². The van der Waals surface area contributed by atoms with Gasteiger partial charge in [0.25, 0.3) is 5.91 Å². The number of carbonyl (C=O) groups is 1. The van der Waals surface area contributed by atoms with Crippen molar-refractivity contribution in [3.63, 3.8) is 0 Å². The molecule has 1 atom stereocenters. The quantitative estimate of drug-likeness (QED) is 0.848. The predicted molar refractivity (Wildman–Crippen MR) is 83.0 cm³/mol. The van der Waals surface area contributed by atoms with Crippen molar-refractivity contribution < 1.29 is 4.79 Å². The third kappa shape index (κ3) is 2.51. The highest BCUT2D eigenvalue weighted by Gasteiger charge is 2.20. The number of hydrogen-bond donors (Lipinski definition) is 2. The molecule has 0 spiro atoms. The molecule has 1 amide bonds. The summed E-state index contributed by atoms with van der Waals surface area (Å²) >= 11 is 1.28. The van der Waals surface area contributed by atoms with Gasteiger partial charge < -0.3 is 11.1 Å². The van der Waals surface area contributed by atoms with Gasteiger partial charge in [0.15, 0.2) is 0 Å². The van der Waals surface area contributed by atoms with Crippen LogP contribution in [-0.4, -0.2) is 22.1 Å². The molecule has 20 heavy (non-hydrogen) atoms. The first-order chi connectivity index (χ1) is 9.45. The number of nitrogen functional groups attached to an aromatic ring is 1. The number of rotatable bonds is 4. The normalized spacial score (nSPS) is 12.3. The van der Waals surface area contributed by atoms with E-state index in [2.05, 4.69) is 22.1 Å². The van der Waals surface area contributed by atoms with Crippen LogP contribution in [0.25, 0.3) is 10.2 Å². The van der Waals surface area contributed by atoms with Crippen LogP contribution in [0.5, 0.6) is 0 Å². The van der Waals surface area contributed by atoms with E-state index >= 15 is 0 Å². The van der Waals surface area contributed by atoms with Crippen LogP contribution < -0.4 is 11.1 Å². The molecule has 0 aliphatic rings. The number of nitrogens with one attached hydrogen (secondary N) is 1. The van der Waals surface area contributed by atoms with Crippen LogP contribution in [0.2, 0.25) is 0 Å². The highest BCUT2D eigenvalue weighted by Crippen LogP contribution is 2.34. The number of anilines is 1. The number of thiophene rings is 1. The van der Waals surface area contributed by atoms with Crippen LogP contribution in [0, 0.1) is 13.8 Å². The zero-order chi connectivity index (χ0) is 14.9. The molecule has 106 valence electrons. The first kappa shape index (κ1) is 14.5. The van der Waals surface area contributed by atoms with Gasteiger partial charge in [-0.25, -0.2) is 0 Å². The summed E-state index contributed by atoms with van der Waals surface area (Å²) < 4.78 is 0. The van der Waals surface area contributed by atoms with Gasteiger partial charge in [-0.15, -0.1) is 23.0 Å². The van der Waals surface area contributed by atoms with Crippen LogP contribution in [0.1, 0.15) is 34.3 Å². The molecule has 2 rings (SSSR count). The predicted octanol–water partition coefficient (Wildman–Crippen LogP) is 2.58. The Labute approximate surface area is 121 Å². The molecule has 6 heteroatoms. The van der Waals surface area contributed by atoms with E-state index in [4.69, 9.17) is 5.73 Å². The molecule has 0 fully saturated rings. The number of hydrogen-bond acceptors (Lipinski definition) is 5. The molecule has 0 radical (unpaired) electrons. The van der Waals surface area contributed by atoms with Gasteiger partial charge in [-0.3, -0.25) is 4.79 Å². The minimum Gasteiger partial charge on any atom is -0.397 e. The fourth-order valence-electron chi connectivity index (χ4n) is 2.01. The van der Waals surface area contributed by atoms with Crippen LogP contribution in [-0.2, 0) is 0 Å². The molecule has 0 saturated heterocycles. The van der Waals surface area contributed by atoms with Gasteiger partial charge in [-0.2, -0.15) is 5.10 Å². The van der Waals surface area contributed by atoms with E-state index < -0.39 is 0 Å². The van der Waals surface area contributed by atoms with Gasteiger partial charge in [0, 0.05) is 11.4 Å². The topological polar surface area (TPSA) is 80.9 Å². The third-order valence-corrected chi connectivity index (χ3v) is 4.33. The second kappa shape index (κ2) is 5.58. The van der Waals surface area contributed by atoms with E-state index in [0.29, 0.717) is 21.8 Å². The summed E-state index contributed by atoms with van der Waals surface area (Å²) in [5.74, 6) is -0.170. The first-order valence-electron chi connectivity index (χ1n) is 6.39. The van der Waals surface area contributed by atoms with Crippen molar-refractivity contribution >= 4 is 33.1 Å². The fraction of sp³-hybridized carbons (Fsp3) is 0.357. The minimum atomic E-state index is -0.170. The summed E-state index contributed by atoms with van der Waals surface area (Å²) in [4.78, 5) is 13.5. The maximum atomic E-state index is 12.3. The van der Waals surface area contributed by atoms with Crippen molar-refractivity contribution in [2.75, 3.05) is 5.73 Å². The number of nitrogens with zero attached hydrogens (tertiary/aromatic N) is 2. The molecule has 2 aromatic rings. The standard InChI is InChI=1S/C14H18N4OS/c1-5-6-7(2)16-13(19)12-11(15)10-8(3)9(4)17-18-14(10)20-12/h5,7H,1,6,15H2,2-4H3,(H,16,19). The second-order valence-electron chi connectivity index (χ2n) is 4.83. The first-order valence-corrected chi connectivity index (χ1v) is 7.21. The highest BCUT2D eigenvalue weighted by molar-refractivity contribution is 7.21. The molecule has 2 aromatic heterocycles. The van der Waals surface area contributed by atoms with Crippen LogP contribution in [0.3, 0.4) is 0 Å². The van der Waals surface area contributed by atoms with Gasteiger partial charge in [0.05, 0.1) is 11.4 Å². The lowest BCUT2D eigenvalue weighted by atomic mass is 10.1. The summed E-state index contributed by atoms with van der Waals surface area (Å²) in [6.07, 6.45) is 2.49. The SMILES string of the molecule is C=CCC(C)NC(=O)c1sc2nnc(C)c(C)c2c1N. The molecule has 0 aliphatic carbocycles. The molecule has 1 unspecified atom stereocenters. The third-order valence-electron chi connectivity index (χ3n) is 3.24. The monoisotopic (exact) mass is 290 g/mol. The molecule has 0 aliphatic heterocycles. The smallest absolute Gasteiger partial charge is 0.263 e. The summed E-state index contributed by atoms with van der Waals surface area (Å²) in [5.41, 5.74) is 8.41. The van der Waals surface area contributed by atoms with Crippen LogP contribution >= 0.6 is 11.3 Å². The number of aromatic nitrogens is 2. The molecule has 0 bridgehead atoms. The number of nitrogens with two attached hydrogens (primary N) is 1. The van der Waals surface area contributed by atoms with Crippen molar-refractivity contribution in [2.45, 2.75) is 33.2 Å². The second-order valence-corrected chi connectivity index (χ2v) is 5.83. The lowest BCUT2D eigenvalue weighted by Gasteiger charge is -2.10. The Hall–Kier alpha value is -1.95. The van der Waals surface area contributed by atoms with Crippen molar-refractivity contribution in [1.82, 2.24) is 15.5 Å². The van der Waals surface area contributed by atoms with E-state index in [-0.39, 0.29) is 11.9 Å². The summed E-state index contributed by atoms with van der Waals surface area (Å²) in [5, 5.41) is 11.9. The molecule has 0 saturated carbocycles. The van der Waals surface area contributed by atoms with Crippen molar-refractivity contribution in [2.24, 2.45) is 0 Å². The maximum absolute atomic E-state index is 12.3. The van der Waals surface area contributed by atoms with E-state index in [9.17, 15) is 4.79 Å². The molecule has 2 heterocycles. The number of carbonyl (C=O) groups excluding carboxylic acids is 1. The maximum Gasteiger partial charge on any atom is 0.263 e. The van der Waals surface area contributed by atoms with E-state index in [1.165, 1.54) is 11.3 Å². The van der Waals surface area contributed by atoms with Crippen molar-refractivity contribution in [3.05, 3.63) is 28.8 Å². The highest BCUT2D eigenvalue weighted by atomic mass is 32.1. The van der Waals surface area contributed by atoms with E-state index in [1.54, 1.807) is 6.08 Å². The zero-order valence-corrected chi connectivity index (χ0v) is 12.7. The average Bonchev–Trinajstić information content (AvgIpc) is 2.72.